The van der Waals surface area contributed by atoms with Crippen LogP contribution in [0.4, 0.5) is 4.39 Å². The summed E-state index contributed by atoms with van der Waals surface area (Å²) in [5.41, 5.74) is 7.13. The van der Waals surface area contributed by atoms with Gasteiger partial charge in [-0.15, -0.1) is 0 Å². The fourth-order valence-corrected chi connectivity index (χ4v) is 6.59. The van der Waals surface area contributed by atoms with E-state index < -0.39 is 0 Å². The van der Waals surface area contributed by atoms with Crippen molar-refractivity contribution in [2.75, 3.05) is 13.7 Å². The SMILES string of the molecule is COC(=O)C[C@@H]1COc2cc(O[C@@H]3CCc4c(-c5c(C)cc(OC6CCCC6)cc5C)ccc(F)c43)ccc21. The van der Waals surface area contributed by atoms with Crippen molar-refractivity contribution in [2.45, 2.75) is 76.9 Å². The maximum Gasteiger partial charge on any atom is 0.306 e. The molecule has 204 valence electrons. The highest BCUT2D eigenvalue weighted by molar-refractivity contribution is 5.76. The number of halogens is 1. The van der Waals surface area contributed by atoms with Crippen LogP contribution in [0.25, 0.3) is 11.1 Å². The molecule has 2 aliphatic carbocycles. The van der Waals surface area contributed by atoms with Crippen LogP contribution in [0.2, 0.25) is 0 Å². The molecule has 0 N–H and O–H groups in total. The molecule has 0 aromatic heterocycles. The Morgan fingerprint density at radius 1 is 0.974 bits per heavy atom. The van der Waals surface area contributed by atoms with Gasteiger partial charge in [0.25, 0.3) is 0 Å². The van der Waals surface area contributed by atoms with Crippen molar-refractivity contribution in [2.24, 2.45) is 0 Å². The Labute approximate surface area is 229 Å². The first-order valence-electron chi connectivity index (χ1n) is 14.0. The monoisotopic (exact) mass is 530 g/mol. The Kier molecular flexibility index (Phi) is 6.96. The molecular weight excluding hydrogens is 495 g/mol. The van der Waals surface area contributed by atoms with Gasteiger partial charge >= 0.3 is 5.97 Å². The molecule has 1 aliphatic heterocycles. The second-order valence-corrected chi connectivity index (χ2v) is 11.1. The summed E-state index contributed by atoms with van der Waals surface area (Å²) < 4.78 is 38.6. The number of ether oxygens (including phenoxy) is 4. The lowest BCUT2D eigenvalue weighted by molar-refractivity contribution is -0.141. The van der Waals surface area contributed by atoms with Crippen LogP contribution in [0.15, 0.2) is 42.5 Å². The number of esters is 1. The first-order valence-corrected chi connectivity index (χ1v) is 14.0. The van der Waals surface area contributed by atoms with Gasteiger partial charge in [-0.05, 0) is 104 Å². The minimum Gasteiger partial charge on any atom is -0.492 e. The standard InChI is InChI=1S/C33H35FO5/c1-19-14-24(38-22-6-4-5-7-22)15-20(2)32(19)26-10-12-28(34)33-27(26)11-13-29(33)39-23-8-9-25-21(16-31(35)36-3)18-37-30(25)17-23/h8-10,12,14-15,17,21-22,29H,4-7,11,13,16,18H2,1-3H3/t21-,29-/m1/s1. The third-order valence-electron chi connectivity index (χ3n) is 8.45. The Hall–Kier alpha value is -3.54. The van der Waals surface area contributed by atoms with Crippen LogP contribution in [-0.4, -0.2) is 25.8 Å². The lowest BCUT2D eigenvalue weighted by Gasteiger charge is -2.20. The van der Waals surface area contributed by atoms with Gasteiger partial charge in [-0.3, -0.25) is 4.79 Å². The Bertz CT molecular complexity index is 1380. The van der Waals surface area contributed by atoms with Gasteiger partial charge in [0.2, 0.25) is 0 Å². The molecule has 39 heavy (non-hydrogen) atoms. The Morgan fingerprint density at radius 2 is 1.74 bits per heavy atom. The number of carbonyl (C=O) groups is 1. The quantitative estimate of drug-likeness (QED) is 0.296. The van der Waals surface area contributed by atoms with E-state index in [-0.39, 0.29) is 30.2 Å². The molecule has 5 nitrogen and oxygen atoms in total. The highest BCUT2D eigenvalue weighted by atomic mass is 19.1. The summed E-state index contributed by atoms with van der Waals surface area (Å²) in [5, 5.41) is 0. The second-order valence-electron chi connectivity index (χ2n) is 11.1. The third-order valence-corrected chi connectivity index (χ3v) is 8.45. The molecular formula is C33H35FO5. The van der Waals surface area contributed by atoms with E-state index in [4.69, 9.17) is 18.9 Å². The minimum atomic E-state index is -0.379. The Morgan fingerprint density at radius 3 is 2.49 bits per heavy atom. The zero-order valence-corrected chi connectivity index (χ0v) is 22.8. The predicted octanol–water partition coefficient (Wildman–Crippen LogP) is 7.54. The smallest absolute Gasteiger partial charge is 0.306 e. The van der Waals surface area contributed by atoms with Crippen molar-refractivity contribution in [3.63, 3.8) is 0 Å². The van der Waals surface area contributed by atoms with E-state index in [2.05, 4.69) is 26.0 Å². The molecule has 2 atom stereocenters. The topological polar surface area (TPSA) is 54.0 Å². The van der Waals surface area contributed by atoms with Gasteiger partial charge < -0.3 is 18.9 Å². The summed E-state index contributed by atoms with van der Waals surface area (Å²) in [6, 6.07) is 13.4. The number of hydrogen-bond acceptors (Lipinski definition) is 5. The number of rotatable bonds is 7. The second kappa shape index (κ2) is 10.6. The number of methoxy groups -OCH3 is 1. The van der Waals surface area contributed by atoms with Gasteiger partial charge in [-0.1, -0.05) is 12.1 Å². The highest BCUT2D eigenvalue weighted by Gasteiger charge is 2.32. The van der Waals surface area contributed by atoms with E-state index >= 15 is 4.39 Å². The molecule has 3 aromatic carbocycles. The van der Waals surface area contributed by atoms with Gasteiger partial charge in [0.1, 0.15) is 29.2 Å². The van der Waals surface area contributed by atoms with Crippen molar-refractivity contribution in [3.8, 4) is 28.4 Å². The fraction of sp³-hybridized carbons (Fsp3) is 0.424. The van der Waals surface area contributed by atoms with Gasteiger partial charge in [-0.2, -0.15) is 0 Å². The van der Waals surface area contributed by atoms with Crippen LogP contribution in [0.5, 0.6) is 17.2 Å². The van der Waals surface area contributed by atoms with Crippen LogP contribution in [-0.2, 0) is 16.0 Å². The lowest BCUT2D eigenvalue weighted by Crippen LogP contribution is -2.11. The fourth-order valence-electron chi connectivity index (χ4n) is 6.59. The predicted molar refractivity (Wildman–Crippen MR) is 147 cm³/mol. The summed E-state index contributed by atoms with van der Waals surface area (Å²) in [7, 11) is 1.39. The number of hydrogen-bond donors (Lipinski definition) is 0. The van der Waals surface area contributed by atoms with Crippen LogP contribution in [0.3, 0.4) is 0 Å². The average Bonchev–Trinajstić information content (AvgIpc) is 3.66. The first-order chi connectivity index (χ1) is 18.9. The van der Waals surface area contributed by atoms with Crippen molar-refractivity contribution in [1.29, 1.82) is 0 Å². The molecule has 3 aromatic rings. The molecule has 6 heteroatoms. The van der Waals surface area contributed by atoms with Crippen molar-refractivity contribution in [1.82, 2.24) is 0 Å². The number of carbonyl (C=O) groups excluding carboxylic acids is 1. The van der Waals surface area contributed by atoms with Crippen LogP contribution >= 0.6 is 0 Å². The molecule has 0 spiro atoms. The molecule has 0 saturated heterocycles. The van der Waals surface area contributed by atoms with Gasteiger partial charge in [0.05, 0.1) is 26.2 Å². The van der Waals surface area contributed by atoms with Crippen LogP contribution < -0.4 is 14.2 Å². The number of fused-ring (bicyclic) bond motifs is 2. The van der Waals surface area contributed by atoms with E-state index in [0.29, 0.717) is 36.2 Å². The molecule has 1 saturated carbocycles. The summed E-state index contributed by atoms with van der Waals surface area (Å²) in [6.07, 6.45) is 6.37. The molecule has 0 bridgehead atoms. The zero-order valence-electron chi connectivity index (χ0n) is 22.8. The van der Waals surface area contributed by atoms with Crippen LogP contribution in [0.1, 0.15) is 78.4 Å². The zero-order chi connectivity index (χ0) is 27.1. The summed E-state index contributed by atoms with van der Waals surface area (Å²) in [6.45, 7) is 4.66. The highest BCUT2D eigenvalue weighted by Crippen LogP contribution is 2.45. The average molecular weight is 531 g/mol. The van der Waals surface area contributed by atoms with Crippen LogP contribution in [0, 0.1) is 19.7 Å². The third kappa shape index (κ3) is 4.97. The van der Waals surface area contributed by atoms with Crippen molar-refractivity contribution in [3.05, 3.63) is 76.1 Å². The lowest BCUT2D eigenvalue weighted by atomic mass is 9.90. The van der Waals surface area contributed by atoms with E-state index in [9.17, 15) is 4.79 Å². The molecule has 1 fully saturated rings. The summed E-state index contributed by atoms with van der Waals surface area (Å²) in [5.74, 6) is 1.75. The molecule has 0 amide bonds. The van der Waals surface area contributed by atoms with E-state index in [1.807, 2.05) is 24.3 Å². The normalized spacial score (nSPS) is 19.9. The molecule has 1 heterocycles. The molecule has 3 aliphatic rings. The van der Waals surface area contributed by atoms with Crippen molar-refractivity contribution >= 4 is 5.97 Å². The van der Waals surface area contributed by atoms with E-state index in [0.717, 1.165) is 58.4 Å². The maximum absolute atomic E-state index is 15.3. The summed E-state index contributed by atoms with van der Waals surface area (Å²) >= 11 is 0. The van der Waals surface area contributed by atoms with Crippen molar-refractivity contribution < 1.29 is 28.1 Å². The van der Waals surface area contributed by atoms with Gasteiger partial charge in [-0.25, -0.2) is 4.39 Å². The maximum atomic E-state index is 15.3. The molecule has 0 radical (unpaired) electrons. The first kappa shape index (κ1) is 25.7. The minimum absolute atomic E-state index is 0.0323. The van der Waals surface area contributed by atoms with E-state index in [1.165, 1.54) is 20.0 Å². The van der Waals surface area contributed by atoms with E-state index in [1.54, 1.807) is 6.07 Å². The number of benzene rings is 3. The largest absolute Gasteiger partial charge is 0.492 e. The van der Waals surface area contributed by atoms with Gasteiger partial charge in [0.15, 0.2) is 0 Å². The molecule has 0 unspecified atom stereocenters. The summed E-state index contributed by atoms with van der Waals surface area (Å²) in [4.78, 5) is 11.7. The Balaban J connectivity index is 1.25. The van der Waals surface area contributed by atoms with Gasteiger partial charge in [0, 0.05) is 23.1 Å². The molecule has 6 rings (SSSR count). The number of aryl methyl sites for hydroxylation is 2.